The molecule has 0 saturated heterocycles. The molecule has 0 N–H and O–H groups in total. The summed E-state index contributed by atoms with van der Waals surface area (Å²) in [5, 5.41) is 1.32. The summed E-state index contributed by atoms with van der Waals surface area (Å²) in [4.78, 5) is 0. The number of allylic oxidation sites excluding steroid dienone is 10. The Balaban J connectivity index is 2.24. The molecule has 1 nitrogen and oxygen atoms in total. The lowest BCUT2D eigenvalue weighted by Crippen LogP contribution is -2.10. The average Bonchev–Trinajstić information content (AvgIpc) is 3.09. The zero-order valence-corrected chi connectivity index (χ0v) is 18.3. The summed E-state index contributed by atoms with van der Waals surface area (Å²) in [6.45, 7) is 14.1. The topological polar surface area (TPSA) is 4.93 Å². The molecule has 2 rings (SSSR count). The molecule has 0 aliphatic carbocycles. The molecule has 0 saturated carbocycles. The van der Waals surface area contributed by atoms with E-state index in [0.29, 0.717) is 6.04 Å². The summed E-state index contributed by atoms with van der Waals surface area (Å²) in [7, 11) is 0. The molecule has 29 heavy (non-hydrogen) atoms. The number of nitrogens with zero attached hydrogens (tertiary/aromatic N) is 1. The van der Waals surface area contributed by atoms with E-state index in [1.54, 1.807) is 0 Å². The Hall–Kier alpha value is -2.80. The number of rotatable bonds is 11. The van der Waals surface area contributed by atoms with E-state index in [9.17, 15) is 0 Å². The van der Waals surface area contributed by atoms with Gasteiger partial charge in [-0.1, -0.05) is 79.0 Å². The van der Waals surface area contributed by atoms with Gasteiger partial charge in [0.05, 0.1) is 6.04 Å². The number of fused-ring (bicyclic) bond motifs is 1. The van der Waals surface area contributed by atoms with E-state index < -0.39 is 0 Å². The summed E-state index contributed by atoms with van der Waals surface area (Å²) >= 11 is 0. The minimum atomic E-state index is 0.346. The average molecular weight is 386 g/mol. The molecule has 1 aromatic carbocycles. The minimum Gasteiger partial charge on any atom is -0.338 e. The number of aromatic nitrogens is 1. The smallest absolute Gasteiger partial charge is 0.0522 e. The lowest BCUT2D eigenvalue weighted by Gasteiger charge is -2.19. The normalized spacial score (nSPS) is 13.3. The third kappa shape index (κ3) is 6.64. The second kappa shape index (κ2) is 11.9. The zero-order valence-electron chi connectivity index (χ0n) is 18.3. The molecule has 0 aliphatic heterocycles. The molecule has 1 heteroatoms. The standard InChI is InChI=1S/C28H35N/c1-6-9-17-27-22-25-16-11-13-19-28(25)29(27)26(14-7-2)18-12-10-15-24(8-3)21-20-23(4)5/h6-8,10-11,13-16,19-22,26H,1,3,9,12,17-18H2,2,4-5H3/b14-7-,15-10+,24-21+. The van der Waals surface area contributed by atoms with Gasteiger partial charge in [-0.05, 0) is 69.5 Å². The van der Waals surface area contributed by atoms with Crippen LogP contribution in [-0.2, 0) is 6.42 Å². The Bertz CT molecular complexity index is 926. The fourth-order valence-electron chi connectivity index (χ4n) is 3.54. The fraction of sp³-hybridized carbons (Fsp3) is 0.286. The number of para-hydroxylation sites is 1. The van der Waals surface area contributed by atoms with E-state index in [1.165, 1.54) is 22.2 Å². The highest BCUT2D eigenvalue weighted by Gasteiger charge is 2.14. The Labute approximate surface area is 177 Å². The van der Waals surface area contributed by atoms with Gasteiger partial charge in [-0.2, -0.15) is 0 Å². The van der Waals surface area contributed by atoms with E-state index in [4.69, 9.17) is 0 Å². The van der Waals surface area contributed by atoms with Crippen LogP contribution in [0, 0.1) is 0 Å². The molecule has 0 radical (unpaired) electrons. The molecule has 0 aliphatic rings. The molecule has 1 atom stereocenters. The lowest BCUT2D eigenvalue weighted by atomic mass is 10.1. The maximum Gasteiger partial charge on any atom is 0.0522 e. The van der Waals surface area contributed by atoms with Gasteiger partial charge in [-0.3, -0.25) is 0 Å². The minimum absolute atomic E-state index is 0.346. The van der Waals surface area contributed by atoms with E-state index >= 15 is 0 Å². The van der Waals surface area contributed by atoms with Crippen molar-refractivity contribution in [3.63, 3.8) is 0 Å². The Morgan fingerprint density at radius 1 is 1.10 bits per heavy atom. The largest absolute Gasteiger partial charge is 0.338 e. The molecule has 1 unspecified atom stereocenters. The van der Waals surface area contributed by atoms with Gasteiger partial charge in [-0.25, -0.2) is 0 Å². The van der Waals surface area contributed by atoms with E-state index in [0.717, 1.165) is 31.3 Å². The van der Waals surface area contributed by atoms with Gasteiger partial charge >= 0.3 is 0 Å². The lowest BCUT2D eigenvalue weighted by molar-refractivity contribution is 0.558. The molecule has 0 spiro atoms. The zero-order chi connectivity index (χ0) is 21.1. The highest BCUT2D eigenvalue weighted by atomic mass is 15.0. The maximum atomic E-state index is 3.93. The van der Waals surface area contributed by atoms with Gasteiger partial charge < -0.3 is 4.57 Å². The van der Waals surface area contributed by atoms with Crippen molar-refractivity contribution < 1.29 is 0 Å². The van der Waals surface area contributed by atoms with Crippen LogP contribution in [-0.4, -0.2) is 4.57 Å². The van der Waals surface area contributed by atoms with Crippen LogP contribution in [0.3, 0.4) is 0 Å². The Morgan fingerprint density at radius 3 is 2.59 bits per heavy atom. The summed E-state index contributed by atoms with van der Waals surface area (Å²) in [6, 6.07) is 11.4. The van der Waals surface area contributed by atoms with E-state index in [-0.39, 0.29) is 0 Å². The van der Waals surface area contributed by atoms with Crippen LogP contribution in [0.5, 0.6) is 0 Å². The second-order valence-corrected chi connectivity index (χ2v) is 7.58. The molecule has 0 amide bonds. The first-order valence-corrected chi connectivity index (χ1v) is 10.6. The Morgan fingerprint density at radius 2 is 1.90 bits per heavy atom. The molecular formula is C28H35N. The second-order valence-electron chi connectivity index (χ2n) is 7.58. The van der Waals surface area contributed by atoms with Crippen molar-refractivity contribution in [2.45, 2.75) is 52.5 Å². The highest BCUT2D eigenvalue weighted by molar-refractivity contribution is 5.81. The molecule has 2 aromatic rings. The van der Waals surface area contributed by atoms with Gasteiger partial charge in [-0.15, -0.1) is 6.58 Å². The van der Waals surface area contributed by atoms with Gasteiger partial charge in [0.2, 0.25) is 0 Å². The number of hydrogen-bond acceptors (Lipinski definition) is 0. The fourth-order valence-corrected chi connectivity index (χ4v) is 3.54. The van der Waals surface area contributed by atoms with Crippen LogP contribution in [0.1, 0.15) is 51.8 Å². The van der Waals surface area contributed by atoms with Crippen molar-refractivity contribution in [2.24, 2.45) is 0 Å². The predicted octanol–water partition coefficient (Wildman–Crippen LogP) is 8.29. The summed E-state index contributed by atoms with van der Waals surface area (Å²) in [5.41, 5.74) is 5.13. The quantitative estimate of drug-likeness (QED) is 0.271. The molecule has 1 heterocycles. The number of hydrogen-bond donors (Lipinski definition) is 0. The third-order valence-electron chi connectivity index (χ3n) is 4.96. The van der Waals surface area contributed by atoms with Crippen molar-refractivity contribution >= 4 is 10.9 Å². The van der Waals surface area contributed by atoms with E-state index in [1.807, 2.05) is 12.2 Å². The first-order valence-electron chi connectivity index (χ1n) is 10.6. The summed E-state index contributed by atoms with van der Waals surface area (Å²) in [5.74, 6) is 0. The van der Waals surface area contributed by atoms with Crippen LogP contribution in [0.25, 0.3) is 10.9 Å². The summed E-state index contributed by atoms with van der Waals surface area (Å²) in [6.07, 6.45) is 21.2. The Kier molecular flexibility index (Phi) is 9.24. The SMILES string of the molecule is C=CCCc1cc2ccccc2n1C(/C=C\C)CC/C=C/C(C=C)=C/C=C(C)C. The molecular weight excluding hydrogens is 350 g/mol. The van der Waals surface area contributed by atoms with Crippen molar-refractivity contribution in [3.8, 4) is 0 Å². The molecule has 0 bridgehead atoms. The first-order chi connectivity index (χ1) is 14.1. The van der Waals surface area contributed by atoms with Gasteiger partial charge in [0.15, 0.2) is 0 Å². The maximum absolute atomic E-state index is 3.93. The van der Waals surface area contributed by atoms with Gasteiger partial charge in [0.1, 0.15) is 0 Å². The number of benzene rings is 1. The molecule has 0 fully saturated rings. The predicted molar refractivity (Wildman–Crippen MR) is 130 cm³/mol. The highest BCUT2D eigenvalue weighted by Crippen LogP contribution is 2.29. The molecule has 152 valence electrons. The van der Waals surface area contributed by atoms with Crippen LogP contribution in [0.15, 0.2) is 103 Å². The molecule has 1 aromatic heterocycles. The van der Waals surface area contributed by atoms with Crippen molar-refractivity contribution in [1.82, 2.24) is 4.57 Å². The van der Waals surface area contributed by atoms with Crippen LogP contribution in [0.2, 0.25) is 0 Å². The van der Waals surface area contributed by atoms with Crippen LogP contribution >= 0.6 is 0 Å². The first kappa shape index (κ1) is 22.5. The van der Waals surface area contributed by atoms with Crippen LogP contribution < -0.4 is 0 Å². The van der Waals surface area contributed by atoms with Crippen molar-refractivity contribution in [1.29, 1.82) is 0 Å². The van der Waals surface area contributed by atoms with Gasteiger partial charge in [0, 0.05) is 11.2 Å². The van der Waals surface area contributed by atoms with Gasteiger partial charge in [0.25, 0.3) is 0 Å². The summed E-state index contributed by atoms with van der Waals surface area (Å²) < 4.78 is 2.51. The van der Waals surface area contributed by atoms with Crippen LogP contribution in [0.4, 0.5) is 0 Å². The van der Waals surface area contributed by atoms with Crippen molar-refractivity contribution in [2.75, 3.05) is 0 Å². The van der Waals surface area contributed by atoms with E-state index in [2.05, 4.69) is 105 Å². The third-order valence-corrected chi connectivity index (χ3v) is 4.96. The monoisotopic (exact) mass is 385 g/mol. The van der Waals surface area contributed by atoms with Crippen molar-refractivity contribution in [3.05, 3.63) is 109 Å². The number of aryl methyl sites for hydroxylation is 1.